The maximum Gasteiger partial charge on any atom is 0.224 e. The van der Waals surface area contributed by atoms with Gasteiger partial charge in [-0.2, -0.15) is 0 Å². The number of aromatic nitrogens is 1. The number of piperazine rings is 1. The number of nitrogens with zero attached hydrogens (tertiary/aromatic N) is 2. The van der Waals surface area contributed by atoms with Gasteiger partial charge in [0.25, 0.3) is 0 Å². The van der Waals surface area contributed by atoms with Crippen LogP contribution in [-0.2, 0) is 11.2 Å². The fourth-order valence-corrected chi connectivity index (χ4v) is 3.96. The zero-order valence-corrected chi connectivity index (χ0v) is 17.4. The highest BCUT2D eigenvalue weighted by molar-refractivity contribution is 6.35. The Labute approximate surface area is 180 Å². The van der Waals surface area contributed by atoms with Gasteiger partial charge in [0.15, 0.2) is 0 Å². The lowest BCUT2D eigenvalue weighted by Crippen LogP contribution is -2.43. The Morgan fingerprint density at radius 1 is 1.03 bits per heavy atom. The van der Waals surface area contributed by atoms with Gasteiger partial charge in [0.2, 0.25) is 5.91 Å². The number of rotatable bonds is 5. The SMILES string of the molecule is O=C(CCc1ccccc1Cl)Nc1c(Cl)ccc2nc(N3CCNCC3)ccc12. The van der Waals surface area contributed by atoms with E-state index in [-0.39, 0.29) is 5.91 Å². The number of carbonyl (C=O) groups excluding carboxylic acids is 1. The molecule has 0 spiro atoms. The van der Waals surface area contributed by atoms with Crippen LogP contribution in [0.25, 0.3) is 10.9 Å². The van der Waals surface area contributed by atoms with Gasteiger partial charge in [0, 0.05) is 43.0 Å². The minimum absolute atomic E-state index is 0.106. The van der Waals surface area contributed by atoms with Crippen molar-refractivity contribution in [3.63, 3.8) is 0 Å². The largest absolute Gasteiger partial charge is 0.354 e. The van der Waals surface area contributed by atoms with Gasteiger partial charge < -0.3 is 15.5 Å². The van der Waals surface area contributed by atoms with E-state index in [2.05, 4.69) is 15.5 Å². The molecule has 5 nitrogen and oxygen atoms in total. The van der Waals surface area contributed by atoms with Gasteiger partial charge in [0.1, 0.15) is 5.82 Å². The minimum Gasteiger partial charge on any atom is -0.354 e. The van der Waals surface area contributed by atoms with Crippen LogP contribution in [0.15, 0.2) is 48.5 Å². The third-order valence-electron chi connectivity index (χ3n) is 5.09. The lowest BCUT2D eigenvalue weighted by Gasteiger charge is -2.28. The molecule has 1 aliphatic heterocycles. The molecule has 1 aliphatic rings. The predicted octanol–water partition coefficient (Wildman–Crippen LogP) is 4.52. The average Bonchev–Trinajstić information content (AvgIpc) is 2.75. The van der Waals surface area contributed by atoms with Crippen molar-refractivity contribution < 1.29 is 4.79 Å². The molecule has 1 amide bonds. The van der Waals surface area contributed by atoms with Gasteiger partial charge in [-0.15, -0.1) is 0 Å². The van der Waals surface area contributed by atoms with Crippen LogP contribution in [0.4, 0.5) is 11.5 Å². The molecule has 0 aliphatic carbocycles. The van der Waals surface area contributed by atoms with E-state index in [0.717, 1.165) is 48.5 Å². The molecule has 4 rings (SSSR count). The molecule has 0 saturated carbocycles. The summed E-state index contributed by atoms with van der Waals surface area (Å²) in [6, 6.07) is 15.2. The van der Waals surface area contributed by atoms with Crippen LogP contribution in [0.3, 0.4) is 0 Å². The van der Waals surface area contributed by atoms with E-state index in [1.165, 1.54) is 0 Å². The summed E-state index contributed by atoms with van der Waals surface area (Å²) in [6.07, 6.45) is 0.891. The molecule has 2 N–H and O–H groups in total. The van der Waals surface area contributed by atoms with Crippen LogP contribution in [0.5, 0.6) is 0 Å². The van der Waals surface area contributed by atoms with E-state index in [4.69, 9.17) is 28.2 Å². The van der Waals surface area contributed by atoms with Crippen LogP contribution in [-0.4, -0.2) is 37.1 Å². The molecule has 0 unspecified atom stereocenters. The number of amides is 1. The lowest BCUT2D eigenvalue weighted by molar-refractivity contribution is -0.116. The molecular formula is C22H22Cl2N4O. The zero-order chi connectivity index (χ0) is 20.2. The second-order valence-corrected chi connectivity index (χ2v) is 7.85. The Kier molecular flexibility index (Phi) is 6.19. The number of nitrogens with one attached hydrogen (secondary N) is 2. The van der Waals surface area contributed by atoms with Crippen molar-refractivity contribution in [2.75, 3.05) is 36.4 Å². The van der Waals surface area contributed by atoms with Crippen LogP contribution < -0.4 is 15.5 Å². The third kappa shape index (κ3) is 4.64. The Morgan fingerprint density at radius 3 is 2.62 bits per heavy atom. The number of hydrogen-bond acceptors (Lipinski definition) is 4. The van der Waals surface area contributed by atoms with Crippen molar-refractivity contribution in [1.29, 1.82) is 0 Å². The highest BCUT2D eigenvalue weighted by atomic mass is 35.5. The second-order valence-electron chi connectivity index (χ2n) is 7.04. The molecule has 2 aromatic carbocycles. The Morgan fingerprint density at radius 2 is 1.83 bits per heavy atom. The average molecular weight is 429 g/mol. The van der Waals surface area contributed by atoms with Crippen molar-refractivity contribution in [1.82, 2.24) is 10.3 Å². The maximum atomic E-state index is 12.6. The van der Waals surface area contributed by atoms with Gasteiger partial charge >= 0.3 is 0 Å². The number of pyridine rings is 1. The van der Waals surface area contributed by atoms with Crippen LogP contribution in [0, 0.1) is 0 Å². The van der Waals surface area contributed by atoms with Crippen LogP contribution >= 0.6 is 23.2 Å². The highest BCUT2D eigenvalue weighted by Crippen LogP contribution is 2.32. The number of fused-ring (bicyclic) bond motifs is 1. The van der Waals surface area contributed by atoms with Crippen LogP contribution in [0.2, 0.25) is 10.0 Å². The molecule has 0 bridgehead atoms. The molecule has 0 radical (unpaired) electrons. The second kappa shape index (κ2) is 8.99. The Bertz CT molecular complexity index is 1030. The summed E-state index contributed by atoms with van der Waals surface area (Å²) in [5, 5.41) is 8.32. The van der Waals surface area contributed by atoms with E-state index in [0.29, 0.717) is 28.6 Å². The lowest BCUT2D eigenvalue weighted by atomic mass is 10.1. The molecule has 3 aromatic rings. The Hall–Kier alpha value is -2.34. The first-order valence-corrected chi connectivity index (χ1v) is 10.5. The van der Waals surface area contributed by atoms with E-state index in [9.17, 15) is 4.79 Å². The van der Waals surface area contributed by atoms with Crippen molar-refractivity contribution in [3.05, 3.63) is 64.1 Å². The monoisotopic (exact) mass is 428 g/mol. The van der Waals surface area contributed by atoms with Crippen molar-refractivity contribution in [3.8, 4) is 0 Å². The maximum absolute atomic E-state index is 12.6. The zero-order valence-electron chi connectivity index (χ0n) is 15.9. The molecule has 1 saturated heterocycles. The predicted molar refractivity (Wildman–Crippen MR) is 120 cm³/mol. The summed E-state index contributed by atoms with van der Waals surface area (Å²) in [4.78, 5) is 19.6. The van der Waals surface area contributed by atoms with E-state index in [1.54, 1.807) is 6.07 Å². The summed E-state index contributed by atoms with van der Waals surface area (Å²) < 4.78 is 0. The van der Waals surface area contributed by atoms with Crippen molar-refractivity contribution in [2.45, 2.75) is 12.8 Å². The molecule has 2 heterocycles. The quantitative estimate of drug-likeness (QED) is 0.626. The highest BCUT2D eigenvalue weighted by Gasteiger charge is 2.15. The molecule has 1 fully saturated rings. The number of hydrogen-bond donors (Lipinski definition) is 2. The summed E-state index contributed by atoms with van der Waals surface area (Å²) in [7, 11) is 0. The Balaban J connectivity index is 1.52. The van der Waals surface area contributed by atoms with Gasteiger partial charge in [-0.3, -0.25) is 4.79 Å². The molecule has 150 valence electrons. The van der Waals surface area contributed by atoms with Crippen molar-refractivity contribution >= 4 is 51.5 Å². The molecular weight excluding hydrogens is 407 g/mol. The topological polar surface area (TPSA) is 57.3 Å². The van der Waals surface area contributed by atoms with Gasteiger partial charge in [0.05, 0.1) is 16.2 Å². The van der Waals surface area contributed by atoms with E-state index >= 15 is 0 Å². The van der Waals surface area contributed by atoms with Gasteiger partial charge in [-0.05, 0) is 42.3 Å². The number of halogens is 2. The minimum atomic E-state index is -0.106. The van der Waals surface area contributed by atoms with Gasteiger partial charge in [-0.1, -0.05) is 41.4 Å². The standard InChI is InChI=1S/C22H22Cl2N4O/c23-17-4-2-1-3-15(17)5-10-21(29)27-22-16-6-9-20(28-13-11-25-12-14-28)26-19(16)8-7-18(22)24/h1-4,6-9,25H,5,10-14H2,(H,27,29). The molecule has 1 aromatic heterocycles. The van der Waals surface area contributed by atoms with Crippen LogP contribution in [0.1, 0.15) is 12.0 Å². The van der Waals surface area contributed by atoms with Gasteiger partial charge in [-0.25, -0.2) is 4.98 Å². The molecule has 29 heavy (non-hydrogen) atoms. The summed E-state index contributed by atoms with van der Waals surface area (Å²) in [5.41, 5.74) is 2.37. The number of carbonyl (C=O) groups is 1. The number of benzene rings is 2. The van der Waals surface area contributed by atoms with Crippen molar-refractivity contribution in [2.24, 2.45) is 0 Å². The normalized spacial score (nSPS) is 14.2. The molecule has 0 atom stereocenters. The number of anilines is 2. The van der Waals surface area contributed by atoms with E-state index < -0.39 is 0 Å². The fraction of sp³-hybridized carbons (Fsp3) is 0.273. The summed E-state index contributed by atoms with van der Waals surface area (Å²) in [6.45, 7) is 3.76. The summed E-state index contributed by atoms with van der Waals surface area (Å²) >= 11 is 12.6. The van der Waals surface area contributed by atoms with E-state index in [1.807, 2.05) is 42.5 Å². The third-order valence-corrected chi connectivity index (χ3v) is 5.77. The summed E-state index contributed by atoms with van der Waals surface area (Å²) in [5.74, 6) is 0.836. The number of aryl methyl sites for hydroxylation is 1. The molecule has 7 heteroatoms. The first-order chi connectivity index (χ1) is 14.1. The smallest absolute Gasteiger partial charge is 0.224 e. The first kappa shape index (κ1) is 20.0. The fourth-order valence-electron chi connectivity index (χ4n) is 3.52. The first-order valence-electron chi connectivity index (χ1n) is 9.70.